The molecule has 1 aromatic heterocycles. The van der Waals surface area contributed by atoms with E-state index in [4.69, 9.17) is 0 Å². The van der Waals surface area contributed by atoms with E-state index in [1.165, 1.54) is 53.8 Å². The Balaban J connectivity index is 1.55. The van der Waals surface area contributed by atoms with Gasteiger partial charge in [-0.2, -0.15) is 13.2 Å². The third-order valence-electron chi connectivity index (χ3n) is 5.44. The second kappa shape index (κ2) is 10.6. The molecule has 0 spiro atoms. The van der Waals surface area contributed by atoms with Gasteiger partial charge < -0.3 is 25.4 Å². The van der Waals surface area contributed by atoms with Gasteiger partial charge in [0.2, 0.25) is 0 Å². The van der Waals surface area contributed by atoms with Crippen molar-refractivity contribution in [3.05, 3.63) is 60.7 Å². The van der Waals surface area contributed by atoms with Crippen molar-refractivity contribution in [2.75, 3.05) is 33.9 Å². The number of aliphatic hydroxyl groups is 1. The summed E-state index contributed by atoms with van der Waals surface area (Å²) < 4.78 is 78.8. The molecule has 1 fully saturated rings. The molecule has 0 atom stereocenters. The summed E-state index contributed by atoms with van der Waals surface area (Å²) in [6, 6.07) is 14.2. The zero-order chi connectivity index (χ0) is 26.6. The van der Waals surface area contributed by atoms with Crippen molar-refractivity contribution in [3.63, 3.8) is 0 Å². The highest BCUT2D eigenvalue weighted by atomic mass is 19.4. The van der Waals surface area contributed by atoms with Gasteiger partial charge in [0, 0.05) is 48.0 Å². The molecule has 198 valence electrons. The summed E-state index contributed by atoms with van der Waals surface area (Å²) in [5, 5.41) is 17.4. The monoisotopic (exact) mass is 527 g/mol. The number of pyridine rings is 1. The van der Waals surface area contributed by atoms with Crippen LogP contribution in [0.4, 0.5) is 60.7 Å². The summed E-state index contributed by atoms with van der Waals surface area (Å²) in [5.74, 6) is 0.406. The first-order valence-corrected chi connectivity index (χ1v) is 11.2. The van der Waals surface area contributed by atoms with Crippen LogP contribution in [-0.4, -0.2) is 41.9 Å². The van der Waals surface area contributed by atoms with E-state index in [2.05, 4.69) is 25.3 Å². The minimum atomic E-state index is -4.80. The summed E-state index contributed by atoms with van der Waals surface area (Å²) in [5.41, 5.74) is 1.61. The van der Waals surface area contributed by atoms with Crippen LogP contribution in [0.1, 0.15) is 12.8 Å². The quantitative estimate of drug-likeness (QED) is 0.210. The maximum absolute atomic E-state index is 12.5. The largest absolute Gasteiger partial charge is 0.573 e. The Morgan fingerprint density at radius 1 is 0.784 bits per heavy atom. The number of nitrogens with one attached hydrogen (secondary N) is 3. The minimum Gasteiger partial charge on any atom is -0.406 e. The standard InChI is InChI=1S/C24H23F6N5O2/c25-23(26,27)34-17-3-1-15(2-4-17)31-21-13-18(35-11-9-19(36)10-12-35)14-22(33-21)32-16-5-7-20(8-6-16)37-24(28,29)30/h1-8,13-14,19,34,36H,9-12H2,(H2,31,32,33). The van der Waals surface area contributed by atoms with Crippen LogP contribution >= 0.6 is 0 Å². The van der Waals surface area contributed by atoms with Crippen molar-refractivity contribution >= 4 is 34.4 Å². The van der Waals surface area contributed by atoms with Gasteiger partial charge in [0.05, 0.1) is 6.10 Å². The van der Waals surface area contributed by atoms with Gasteiger partial charge in [-0.15, -0.1) is 13.2 Å². The Morgan fingerprint density at radius 2 is 1.27 bits per heavy atom. The lowest BCUT2D eigenvalue weighted by molar-refractivity contribution is -0.274. The van der Waals surface area contributed by atoms with Gasteiger partial charge in [0.1, 0.15) is 17.4 Å². The van der Waals surface area contributed by atoms with Gasteiger partial charge >= 0.3 is 12.7 Å². The Bertz CT molecular complexity index is 1100. The van der Waals surface area contributed by atoms with Crippen molar-refractivity contribution in [1.82, 2.24) is 4.98 Å². The molecule has 0 aliphatic carbocycles. The molecule has 0 amide bonds. The van der Waals surface area contributed by atoms with E-state index >= 15 is 0 Å². The molecule has 0 saturated carbocycles. The number of aromatic nitrogens is 1. The molecule has 0 unspecified atom stereocenters. The van der Waals surface area contributed by atoms with E-state index in [0.29, 0.717) is 48.9 Å². The normalized spacial score (nSPS) is 14.8. The molecule has 2 aromatic carbocycles. The third-order valence-corrected chi connectivity index (χ3v) is 5.44. The maximum Gasteiger partial charge on any atom is 0.573 e. The Hall–Kier alpha value is -3.87. The van der Waals surface area contributed by atoms with Crippen LogP contribution in [0.3, 0.4) is 0 Å². The lowest BCUT2D eigenvalue weighted by Gasteiger charge is -2.32. The van der Waals surface area contributed by atoms with Crippen molar-refractivity contribution in [3.8, 4) is 5.75 Å². The number of ether oxygens (including phenoxy) is 1. The molecule has 7 nitrogen and oxygen atoms in total. The minimum absolute atomic E-state index is 0.119. The molecule has 1 aliphatic heterocycles. The SMILES string of the molecule is OC1CCN(c2cc(Nc3ccc(NC(F)(F)F)cc3)nc(Nc3ccc(OC(F)(F)F)cc3)c2)CC1. The summed E-state index contributed by atoms with van der Waals surface area (Å²) in [6.07, 6.45) is -8.56. The number of benzene rings is 2. The topological polar surface area (TPSA) is 81.7 Å². The molecule has 1 saturated heterocycles. The van der Waals surface area contributed by atoms with Gasteiger partial charge in [0.15, 0.2) is 0 Å². The number of nitrogens with zero attached hydrogens (tertiary/aromatic N) is 2. The number of piperidine rings is 1. The van der Waals surface area contributed by atoms with Crippen LogP contribution in [0.5, 0.6) is 5.75 Å². The molecule has 0 radical (unpaired) electrons. The molecule has 4 rings (SSSR count). The average molecular weight is 527 g/mol. The van der Waals surface area contributed by atoms with Gasteiger partial charge in [-0.25, -0.2) is 4.98 Å². The number of aliphatic hydroxyl groups excluding tert-OH is 1. The van der Waals surface area contributed by atoms with Crippen molar-refractivity contribution in [2.45, 2.75) is 31.6 Å². The number of hydrogen-bond acceptors (Lipinski definition) is 7. The molecule has 0 bridgehead atoms. The fourth-order valence-electron chi connectivity index (χ4n) is 3.79. The molecular formula is C24H23F6N5O2. The van der Waals surface area contributed by atoms with Gasteiger partial charge in [-0.3, -0.25) is 5.32 Å². The lowest BCUT2D eigenvalue weighted by Crippen LogP contribution is -2.35. The predicted octanol–water partition coefficient (Wildman–Crippen LogP) is 6.36. The van der Waals surface area contributed by atoms with Crippen LogP contribution in [0, 0.1) is 0 Å². The molecule has 3 aromatic rings. The van der Waals surface area contributed by atoms with Crippen molar-refractivity contribution < 1.29 is 36.2 Å². The smallest absolute Gasteiger partial charge is 0.406 e. The number of halogens is 6. The second-order valence-corrected chi connectivity index (χ2v) is 8.34. The first-order chi connectivity index (χ1) is 17.4. The summed E-state index contributed by atoms with van der Waals surface area (Å²) in [7, 11) is 0. The molecule has 2 heterocycles. The van der Waals surface area contributed by atoms with E-state index in [-0.39, 0.29) is 17.5 Å². The molecule has 37 heavy (non-hydrogen) atoms. The van der Waals surface area contributed by atoms with Crippen LogP contribution < -0.4 is 25.6 Å². The molecule has 13 heteroatoms. The number of rotatable bonds is 7. The first kappa shape index (κ1) is 26.2. The zero-order valence-corrected chi connectivity index (χ0v) is 19.2. The van der Waals surface area contributed by atoms with Crippen LogP contribution in [-0.2, 0) is 0 Å². The Kier molecular flexibility index (Phi) is 7.52. The van der Waals surface area contributed by atoms with Crippen molar-refractivity contribution in [1.29, 1.82) is 0 Å². The van der Waals surface area contributed by atoms with E-state index in [1.54, 1.807) is 12.1 Å². The van der Waals surface area contributed by atoms with E-state index < -0.39 is 12.7 Å². The van der Waals surface area contributed by atoms with Gasteiger partial charge in [-0.1, -0.05) is 0 Å². The van der Waals surface area contributed by atoms with Crippen LogP contribution in [0.15, 0.2) is 60.7 Å². The highest BCUT2D eigenvalue weighted by molar-refractivity contribution is 5.70. The summed E-state index contributed by atoms with van der Waals surface area (Å²) in [6.45, 7) is 1.21. The van der Waals surface area contributed by atoms with Crippen LogP contribution in [0.25, 0.3) is 0 Å². The van der Waals surface area contributed by atoms with E-state index in [9.17, 15) is 31.4 Å². The number of hydrogen-bond donors (Lipinski definition) is 4. The number of alkyl halides is 6. The summed E-state index contributed by atoms with van der Waals surface area (Å²) in [4.78, 5) is 6.55. The summed E-state index contributed by atoms with van der Waals surface area (Å²) >= 11 is 0. The number of anilines is 6. The Labute approximate surface area is 208 Å². The zero-order valence-electron chi connectivity index (χ0n) is 19.2. The fourth-order valence-corrected chi connectivity index (χ4v) is 3.79. The van der Waals surface area contributed by atoms with Crippen molar-refractivity contribution in [2.24, 2.45) is 0 Å². The van der Waals surface area contributed by atoms with Crippen LogP contribution in [0.2, 0.25) is 0 Å². The molecular weight excluding hydrogens is 504 g/mol. The van der Waals surface area contributed by atoms with Gasteiger partial charge in [0.25, 0.3) is 0 Å². The first-order valence-electron chi connectivity index (χ1n) is 11.2. The lowest BCUT2D eigenvalue weighted by atomic mass is 10.1. The average Bonchev–Trinajstić information content (AvgIpc) is 2.80. The van der Waals surface area contributed by atoms with Gasteiger partial charge in [-0.05, 0) is 61.4 Å². The predicted molar refractivity (Wildman–Crippen MR) is 128 cm³/mol. The molecule has 4 N–H and O–H groups in total. The van der Waals surface area contributed by atoms with E-state index in [0.717, 1.165) is 5.69 Å². The fraction of sp³-hybridized carbons (Fsp3) is 0.292. The maximum atomic E-state index is 12.5. The Morgan fingerprint density at radius 3 is 1.76 bits per heavy atom. The second-order valence-electron chi connectivity index (χ2n) is 8.34. The third kappa shape index (κ3) is 8.07. The molecule has 1 aliphatic rings. The van der Waals surface area contributed by atoms with E-state index in [1.807, 2.05) is 0 Å². The highest BCUT2D eigenvalue weighted by Crippen LogP contribution is 2.30. The highest BCUT2D eigenvalue weighted by Gasteiger charge is 2.31.